The summed E-state index contributed by atoms with van der Waals surface area (Å²) in [7, 11) is 3.93. The minimum Gasteiger partial charge on any atom is -0.503 e. The quantitative estimate of drug-likeness (QED) is 0.494. The van der Waals surface area contributed by atoms with Gasteiger partial charge in [0, 0.05) is 51.5 Å². The van der Waals surface area contributed by atoms with Crippen LogP contribution in [0.25, 0.3) is 11.3 Å². The third-order valence-corrected chi connectivity index (χ3v) is 6.37. The number of morpholine rings is 1. The molecule has 0 bridgehead atoms. The number of ether oxygens (including phenoxy) is 1. The molecule has 1 aromatic heterocycles. The van der Waals surface area contributed by atoms with Crippen molar-refractivity contribution in [3.05, 3.63) is 65.2 Å². The van der Waals surface area contributed by atoms with Crippen LogP contribution in [0.1, 0.15) is 27.9 Å². The van der Waals surface area contributed by atoms with Gasteiger partial charge in [-0.25, -0.2) is 0 Å². The van der Waals surface area contributed by atoms with Gasteiger partial charge in [-0.05, 0) is 31.0 Å². The number of rotatable bonds is 8. The lowest BCUT2D eigenvalue weighted by atomic mass is 9.98. The molecule has 0 atom stereocenters. The molecule has 0 spiro atoms. The molecule has 2 aromatic carbocycles. The Balaban J connectivity index is 1.72. The van der Waals surface area contributed by atoms with Crippen LogP contribution < -0.4 is 4.90 Å². The number of aromatic nitrogens is 1. The zero-order valence-electron chi connectivity index (χ0n) is 20.1. The van der Waals surface area contributed by atoms with Crippen molar-refractivity contribution in [2.75, 3.05) is 51.8 Å². The van der Waals surface area contributed by atoms with Gasteiger partial charge in [-0.3, -0.25) is 9.69 Å². The summed E-state index contributed by atoms with van der Waals surface area (Å²) in [4.78, 5) is 17.8. The topological polar surface area (TPSA) is 78.2 Å². The second kappa shape index (κ2) is 10.3. The van der Waals surface area contributed by atoms with Gasteiger partial charge >= 0.3 is 0 Å². The smallest absolute Gasteiger partial charge is 0.235 e. The van der Waals surface area contributed by atoms with Crippen LogP contribution in [0.5, 0.6) is 11.6 Å². The Hall–Kier alpha value is -3.29. The van der Waals surface area contributed by atoms with Crippen molar-refractivity contribution in [2.24, 2.45) is 0 Å². The van der Waals surface area contributed by atoms with Gasteiger partial charge in [0.15, 0.2) is 11.5 Å². The summed E-state index contributed by atoms with van der Waals surface area (Å²) >= 11 is 0. The average Bonchev–Trinajstić information content (AvgIpc) is 3.10. The molecule has 0 radical (unpaired) electrons. The number of aryl methyl sites for hydroxylation is 1. The number of carbonyl (C=O) groups excluding carboxylic acids is 1. The Morgan fingerprint density at radius 1 is 0.971 bits per heavy atom. The van der Waals surface area contributed by atoms with Crippen LogP contribution in [0.15, 0.2) is 48.5 Å². The summed E-state index contributed by atoms with van der Waals surface area (Å²) in [5.41, 5.74) is 3.97. The lowest BCUT2D eigenvalue weighted by molar-refractivity contribution is 0.0369. The highest BCUT2D eigenvalue weighted by Gasteiger charge is 2.29. The van der Waals surface area contributed by atoms with E-state index in [9.17, 15) is 15.0 Å². The Bertz CT molecular complexity index is 1130. The average molecular weight is 464 g/mol. The SMILES string of the molecule is Cc1ccc(C(=O)c2c(O)c(O)n(CCCN3CCOCC3)c2-c2ccc(N(C)C)cc2)cc1. The highest BCUT2D eigenvalue weighted by molar-refractivity contribution is 6.15. The zero-order valence-corrected chi connectivity index (χ0v) is 20.1. The highest BCUT2D eigenvalue weighted by atomic mass is 16.5. The van der Waals surface area contributed by atoms with Gasteiger partial charge in [0.05, 0.1) is 24.5 Å². The van der Waals surface area contributed by atoms with Crippen LogP contribution in [0.3, 0.4) is 0 Å². The number of ketones is 1. The second-order valence-corrected chi connectivity index (χ2v) is 8.99. The lowest BCUT2D eigenvalue weighted by Gasteiger charge is -2.26. The van der Waals surface area contributed by atoms with E-state index in [1.807, 2.05) is 62.3 Å². The molecular weight excluding hydrogens is 430 g/mol. The molecule has 0 saturated carbocycles. The molecule has 4 rings (SSSR count). The standard InChI is InChI=1S/C27H33N3O4/c1-19-5-7-21(8-6-19)25(31)23-24(20-9-11-22(12-10-20)28(2)3)30(27(33)26(23)32)14-4-13-29-15-17-34-18-16-29/h5-12,32-33H,4,13-18H2,1-3H3. The molecular formula is C27H33N3O4. The van der Waals surface area contributed by atoms with Crippen LogP contribution >= 0.6 is 0 Å². The molecule has 2 N–H and O–H groups in total. The Kier molecular flexibility index (Phi) is 7.24. The van der Waals surface area contributed by atoms with E-state index in [1.54, 1.807) is 16.7 Å². The minimum atomic E-state index is -0.372. The van der Waals surface area contributed by atoms with Crippen molar-refractivity contribution in [1.29, 1.82) is 0 Å². The van der Waals surface area contributed by atoms with E-state index < -0.39 is 0 Å². The molecule has 180 valence electrons. The highest BCUT2D eigenvalue weighted by Crippen LogP contribution is 2.42. The van der Waals surface area contributed by atoms with Crippen LogP contribution in [-0.2, 0) is 11.3 Å². The van der Waals surface area contributed by atoms with Crippen molar-refractivity contribution in [1.82, 2.24) is 9.47 Å². The third-order valence-electron chi connectivity index (χ3n) is 6.37. The summed E-state index contributed by atoms with van der Waals surface area (Å²) in [6.07, 6.45) is 0.766. The molecule has 1 fully saturated rings. The first-order valence-corrected chi connectivity index (χ1v) is 11.7. The van der Waals surface area contributed by atoms with Crippen molar-refractivity contribution < 1.29 is 19.7 Å². The van der Waals surface area contributed by atoms with Crippen molar-refractivity contribution >= 4 is 11.5 Å². The Labute approximate surface area is 200 Å². The normalized spacial score (nSPS) is 14.3. The zero-order chi connectivity index (χ0) is 24.2. The number of carbonyl (C=O) groups is 1. The summed E-state index contributed by atoms with van der Waals surface area (Å²) < 4.78 is 7.09. The van der Waals surface area contributed by atoms with Gasteiger partial charge < -0.3 is 24.4 Å². The van der Waals surface area contributed by atoms with E-state index >= 15 is 0 Å². The molecule has 0 aliphatic carbocycles. The number of hydrogen-bond donors (Lipinski definition) is 2. The number of anilines is 1. The maximum atomic E-state index is 13.5. The van der Waals surface area contributed by atoms with Gasteiger partial charge in [-0.2, -0.15) is 0 Å². The molecule has 1 aliphatic heterocycles. The maximum Gasteiger partial charge on any atom is 0.235 e. The first-order valence-electron chi connectivity index (χ1n) is 11.7. The van der Waals surface area contributed by atoms with Gasteiger partial charge in [-0.1, -0.05) is 42.0 Å². The predicted octanol–water partition coefficient (Wildman–Crippen LogP) is 3.89. The molecule has 3 aromatic rings. The molecule has 1 saturated heterocycles. The van der Waals surface area contributed by atoms with Crippen molar-refractivity contribution in [3.8, 4) is 22.9 Å². The van der Waals surface area contributed by atoms with E-state index in [4.69, 9.17) is 4.74 Å². The van der Waals surface area contributed by atoms with E-state index in [-0.39, 0.29) is 23.0 Å². The molecule has 2 heterocycles. The van der Waals surface area contributed by atoms with Gasteiger partial charge in [0.25, 0.3) is 0 Å². The maximum absolute atomic E-state index is 13.5. The van der Waals surface area contributed by atoms with Crippen LogP contribution in [0, 0.1) is 6.92 Å². The Morgan fingerprint density at radius 2 is 1.62 bits per heavy atom. The largest absolute Gasteiger partial charge is 0.503 e. The van der Waals surface area contributed by atoms with Gasteiger partial charge in [0.2, 0.25) is 5.88 Å². The van der Waals surface area contributed by atoms with E-state index in [2.05, 4.69) is 4.90 Å². The second-order valence-electron chi connectivity index (χ2n) is 8.99. The summed E-state index contributed by atoms with van der Waals surface area (Å²) in [5, 5.41) is 21.8. The first-order chi connectivity index (χ1) is 16.4. The predicted molar refractivity (Wildman–Crippen MR) is 134 cm³/mol. The molecule has 1 aliphatic rings. The van der Waals surface area contributed by atoms with E-state index in [1.165, 1.54) is 0 Å². The monoisotopic (exact) mass is 463 g/mol. The molecule has 34 heavy (non-hydrogen) atoms. The fraction of sp³-hybridized carbons (Fsp3) is 0.370. The van der Waals surface area contributed by atoms with Crippen LogP contribution in [0.2, 0.25) is 0 Å². The summed E-state index contributed by atoms with van der Waals surface area (Å²) in [6.45, 7) is 6.52. The molecule has 7 nitrogen and oxygen atoms in total. The summed E-state index contributed by atoms with van der Waals surface area (Å²) in [5.74, 6) is -0.959. The van der Waals surface area contributed by atoms with E-state index in [0.29, 0.717) is 17.8 Å². The minimum absolute atomic E-state index is 0.130. The lowest BCUT2D eigenvalue weighted by Crippen LogP contribution is -2.37. The molecule has 0 unspecified atom stereocenters. The Morgan fingerprint density at radius 3 is 2.24 bits per heavy atom. The fourth-order valence-corrected chi connectivity index (χ4v) is 4.37. The summed E-state index contributed by atoms with van der Waals surface area (Å²) in [6, 6.07) is 15.0. The van der Waals surface area contributed by atoms with Crippen LogP contribution in [0.4, 0.5) is 5.69 Å². The third kappa shape index (κ3) is 4.95. The first kappa shape index (κ1) is 23.9. The molecule has 7 heteroatoms. The van der Waals surface area contributed by atoms with Crippen molar-refractivity contribution in [2.45, 2.75) is 19.9 Å². The van der Waals surface area contributed by atoms with E-state index in [0.717, 1.165) is 56.1 Å². The van der Waals surface area contributed by atoms with Gasteiger partial charge in [0.1, 0.15) is 0 Å². The van der Waals surface area contributed by atoms with Gasteiger partial charge in [-0.15, -0.1) is 0 Å². The molecule has 0 amide bonds. The fourth-order valence-electron chi connectivity index (χ4n) is 4.37. The number of nitrogens with zero attached hydrogens (tertiary/aromatic N) is 3. The number of aromatic hydroxyl groups is 2. The van der Waals surface area contributed by atoms with Crippen LogP contribution in [-0.4, -0.2) is 72.4 Å². The van der Waals surface area contributed by atoms with Crippen molar-refractivity contribution in [3.63, 3.8) is 0 Å². The number of benzene rings is 2. The number of hydrogen-bond acceptors (Lipinski definition) is 6.